The molecule has 0 spiro atoms. The summed E-state index contributed by atoms with van der Waals surface area (Å²) in [4.78, 5) is 9.07. The van der Waals surface area contributed by atoms with Gasteiger partial charge in [-0.2, -0.15) is 0 Å². The van der Waals surface area contributed by atoms with E-state index in [4.69, 9.17) is 9.47 Å². The standard InChI is InChI=1S/C17H30N4O2S.HI/c1-3-18-17(20-8-5-16-13-24-14(2)21-16)19-7-4-9-22-11-15-6-10-23-12-15;/h13,15H,3-12H2,1-2H3,(H2,18,19,20);1H. The summed E-state index contributed by atoms with van der Waals surface area (Å²) in [5.74, 6) is 1.45. The number of aliphatic imine (C=N–C) groups is 1. The maximum absolute atomic E-state index is 5.70. The number of thiazole rings is 1. The zero-order valence-corrected chi connectivity index (χ0v) is 18.4. The smallest absolute Gasteiger partial charge is 0.191 e. The van der Waals surface area contributed by atoms with E-state index in [-0.39, 0.29) is 24.0 Å². The van der Waals surface area contributed by atoms with E-state index < -0.39 is 0 Å². The molecule has 0 aliphatic carbocycles. The third kappa shape index (κ3) is 9.72. The Labute approximate surface area is 172 Å². The van der Waals surface area contributed by atoms with Crippen LogP contribution in [0, 0.1) is 12.8 Å². The topological polar surface area (TPSA) is 67.8 Å². The Bertz CT molecular complexity index is 493. The van der Waals surface area contributed by atoms with Crippen LogP contribution in [-0.4, -0.2) is 57.0 Å². The van der Waals surface area contributed by atoms with Gasteiger partial charge in [0.25, 0.3) is 0 Å². The maximum atomic E-state index is 5.70. The Morgan fingerprint density at radius 1 is 1.48 bits per heavy atom. The van der Waals surface area contributed by atoms with Crippen LogP contribution in [0.2, 0.25) is 0 Å². The summed E-state index contributed by atoms with van der Waals surface area (Å²) in [6.45, 7) is 9.90. The number of nitrogens with one attached hydrogen (secondary N) is 2. The van der Waals surface area contributed by atoms with Crippen LogP contribution in [-0.2, 0) is 15.9 Å². The van der Waals surface area contributed by atoms with Crippen molar-refractivity contribution in [3.05, 3.63) is 16.1 Å². The monoisotopic (exact) mass is 482 g/mol. The van der Waals surface area contributed by atoms with Crippen molar-refractivity contribution in [3.8, 4) is 0 Å². The van der Waals surface area contributed by atoms with Gasteiger partial charge in [-0.25, -0.2) is 4.98 Å². The van der Waals surface area contributed by atoms with Gasteiger partial charge in [0.15, 0.2) is 5.96 Å². The number of rotatable bonds is 10. The van der Waals surface area contributed by atoms with E-state index >= 15 is 0 Å². The second-order valence-corrected chi connectivity index (χ2v) is 7.02. The summed E-state index contributed by atoms with van der Waals surface area (Å²) < 4.78 is 11.0. The number of hydrogen-bond donors (Lipinski definition) is 2. The zero-order chi connectivity index (χ0) is 17.0. The van der Waals surface area contributed by atoms with Crippen molar-refractivity contribution >= 4 is 41.3 Å². The van der Waals surface area contributed by atoms with Crippen molar-refractivity contribution in [2.24, 2.45) is 10.9 Å². The lowest BCUT2D eigenvalue weighted by Crippen LogP contribution is -2.38. The largest absolute Gasteiger partial charge is 0.381 e. The van der Waals surface area contributed by atoms with Gasteiger partial charge in [-0.15, -0.1) is 35.3 Å². The van der Waals surface area contributed by atoms with Gasteiger partial charge in [0.1, 0.15) is 0 Å². The van der Waals surface area contributed by atoms with E-state index in [2.05, 4.69) is 32.9 Å². The predicted octanol–water partition coefficient (Wildman–Crippen LogP) is 2.61. The highest BCUT2D eigenvalue weighted by Crippen LogP contribution is 2.12. The number of guanidine groups is 1. The van der Waals surface area contributed by atoms with E-state index in [1.807, 2.05) is 6.92 Å². The van der Waals surface area contributed by atoms with Gasteiger partial charge in [0.05, 0.1) is 23.9 Å². The summed E-state index contributed by atoms with van der Waals surface area (Å²) in [6, 6.07) is 0. The van der Waals surface area contributed by atoms with Gasteiger partial charge in [-0.05, 0) is 26.7 Å². The molecule has 1 unspecified atom stereocenters. The molecule has 0 aromatic carbocycles. The van der Waals surface area contributed by atoms with Crippen LogP contribution < -0.4 is 10.6 Å². The third-order valence-corrected chi connectivity index (χ3v) is 4.60. The van der Waals surface area contributed by atoms with Crippen molar-refractivity contribution in [3.63, 3.8) is 0 Å². The van der Waals surface area contributed by atoms with Crippen LogP contribution in [0.25, 0.3) is 0 Å². The molecular weight excluding hydrogens is 451 g/mol. The van der Waals surface area contributed by atoms with Crippen molar-refractivity contribution in [2.45, 2.75) is 33.1 Å². The second-order valence-electron chi connectivity index (χ2n) is 5.95. The fourth-order valence-corrected chi connectivity index (χ4v) is 3.14. The number of aryl methyl sites for hydroxylation is 1. The molecule has 1 aliphatic rings. The van der Waals surface area contributed by atoms with E-state index in [1.54, 1.807) is 11.3 Å². The van der Waals surface area contributed by atoms with Crippen LogP contribution >= 0.6 is 35.3 Å². The first-order valence-electron chi connectivity index (χ1n) is 8.86. The molecule has 1 aromatic rings. The van der Waals surface area contributed by atoms with E-state index in [0.29, 0.717) is 5.92 Å². The molecule has 1 saturated heterocycles. The first-order valence-corrected chi connectivity index (χ1v) is 9.74. The van der Waals surface area contributed by atoms with Crippen LogP contribution in [0.15, 0.2) is 10.4 Å². The summed E-state index contributed by atoms with van der Waals surface area (Å²) in [6.07, 6.45) is 2.99. The molecule has 25 heavy (non-hydrogen) atoms. The molecule has 144 valence electrons. The first kappa shape index (κ1) is 22.6. The number of halogens is 1. The van der Waals surface area contributed by atoms with Gasteiger partial charge < -0.3 is 20.1 Å². The number of nitrogens with zero attached hydrogens (tertiary/aromatic N) is 2. The van der Waals surface area contributed by atoms with Crippen molar-refractivity contribution in [1.29, 1.82) is 0 Å². The third-order valence-electron chi connectivity index (χ3n) is 3.78. The fourth-order valence-electron chi connectivity index (χ4n) is 2.50. The Kier molecular flexibility index (Phi) is 12.4. The van der Waals surface area contributed by atoms with Gasteiger partial charge in [-0.1, -0.05) is 0 Å². The second kappa shape index (κ2) is 13.7. The maximum Gasteiger partial charge on any atom is 0.191 e. The lowest BCUT2D eigenvalue weighted by molar-refractivity contribution is 0.0893. The van der Waals surface area contributed by atoms with Gasteiger partial charge in [0.2, 0.25) is 0 Å². The molecule has 6 nitrogen and oxygen atoms in total. The lowest BCUT2D eigenvalue weighted by atomic mass is 10.1. The Balaban J connectivity index is 0.00000312. The molecular formula is C17H31IN4O2S. The SMILES string of the molecule is CCNC(=NCCCOCC1CCOC1)NCCc1csc(C)n1.I. The average molecular weight is 482 g/mol. The Morgan fingerprint density at radius 3 is 3.04 bits per heavy atom. The molecule has 0 radical (unpaired) electrons. The molecule has 1 fully saturated rings. The van der Waals surface area contributed by atoms with Gasteiger partial charge >= 0.3 is 0 Å². The van der Waals surface area contributed by atoms with Crippen molar-refractivity contribution < 1.29 is 9.47 Å². The number of aromatic nitrogens is 1. The molecule has 0 saturated carbocycles. The van der Waals surface area contributed by atoms with Crippen LogP contribution in [0.3, 0.4) is 0 Å². The summed E-state index contributed by atoms with van der Waals surface area (Å²) in [5, 5.41) is 9.87. The highest BCUT2D eigenvalue weighted by molar-refractivity contribution is 14.0. The first-order chi connectivity index (χ1) is 11.8. The fraction of sp³-hybridized carbons (Fsp3) is 0.765. The highest BCUT2D eigenvalue weighted by Gasteiger charge is 2.15. The molecule has 2 rings (SSSR count). The molecule has 1 aliphatic heterocycles. The molecule has 0 amide bonds. The average Bonchev–Trinajstić information content (AvgIpc) is 3.22. The zero-order valence-electron chi connectivity index (χ0n) is 15.3. The Hall–Kier alpha value is -0.450. The normalized spacial score (nSPS) is 17.4. The molecule has 2 heterocycles. The summed E-state index contributed by atoms with van der Waals surface area (Å²) in [5.41, 5.74) is 1.14. The van der Waals surface area contributed by atoms with Crippen molar-refractivity contribution in [2.75, 3.05) is 46.1 Å². The molecule has 1 aromatic heterocycles. The highest BCUT2D eigenvalue weighted by atomic mass is 127. The molecule has 0 bridgehead atoms. The quantitative estimate of drug-likeness (QED) is 0.232. The summed E-state index contributed by atoms with van der Waals surface area (Å²) in [7, 11) is 0. The minimum Gasteiger partial charge on any atom is -0.381 e. The molecule has 2 N–H and O–H groups in total. The van der Waals surface area contributed by atoms with Crippen LogP contribution in [0.5, 0.6) is 0 Å². The van der Waals surface area contributed by atoms with Gasteiger partial charge in [-0.3, -0.25) is 4.99 Å². The number of ether oxygens (including phenoxy) is 2. The van der Waals surface area contributed by atoms with E-state index in [1.165, 1.54) is 0 Å². The molecule has 1 atom stereocenters. The predicted molar refractivity (Wildman–Crippen MR) is 114 cm³/mol. The van der Waals surface area contributed by atoms with E-state index in [9.17, 15) is 0 Å². The lowest BCUT2D eigenvalue weighted by Gasteiger charge is -2.11. The minimum atomic E-state index is 0. The van der Waals surface area contributed by atoms with E-state index in [0.717, 1.165) is 82.0 Å². The van der Waals surface area contributed by atoms with Crippen LogP contribution in [0.1, 0.15) is 30.5 Å². The minimum absolute atomic E-state index is 0. The van der Waals surface area contributed by atoms with Gasteiger partial charge in [0, 0.05) is 50.6 Å². The van der Waals surface area contributed by atoms with Crippen molar-refractivity contribution in [1.82, 2.24) is 15.6 Å². The number of hydrogen-bond acceptors (Lipinski definition) is 5. The Morgan fingerprint density at radius 2 is 2.36 bits per heavy atom. The van der Waals surface area contributed by atoms with Crippen LogP contribution in [0.4, 0.5) is 0 Å². The summed E-state index contributed by atoms with van der Waals surface area (Å²) >= 11 is 1.70. The molecule has 8 heteroatoms.